The molecule has 1 saturated heterocycles. The number of likely N-dealkylation sites (tertiary alicyclic amines) is 1. The smallest absolute Gasteiger partial charge is 0.222 e. The van der Waals surface area contributed by atoms with E-state index in [1.54, 1.807) is 0 Å². The van der Waals surface area contributed by atoms with Gasteiger partial charge in [-0.2, -0.15) is 0 Å². The third-order valence-corrected chi connectivity index (χ3v) is 9.41. The van der Waals surface area contributed by atoms with Crippen LogP contribution in [0.3, 0.4) is 0 Å². The van der Waals surface area contributed by atoms with Crippen LogP contribution in [0, 0.1) is 29.6 Å². The van der Waals surface area contributed by atoms with Gasteiger partial charge in [-0.1, -0.05) is 19.3 Å². The molecular formula is C25H41N3OS. The summed E-state index contributed by atoms with van der Waals surface area (Å²) < 4.78 is 0. The number of hydrogen-bond donors (Lipinski definition) is 2. The van der Waals surface area contributed by atoms with E-state index in [2.05, 4.69) is 15.5 Å². The van der Waals surface area contributed by atoms with Crippen molar-refractivity contribution in [2.24, 2.45) is 29.6 Å². The summed E-state index contributed by atoms with van der Waals surface area (Å²) in [6, 6.07) is 0. The molecule has 30 heavy (non-hydrogen) atoms. The van der Waals surface area contributed by atoms with Gasteiger partial charge in [-0.3, -0.25) is 4.79 Å². The van der Waals surface area contributed by atoms with E-state index < -0.39 is 0 Å². The maximum absolute atomic E-state index is 12.7. The summed E-state index contributed by atoms with van der Waals surface area (Å²) in [6.45, 7) is 2.91. The summed E-state index contributed by atoms with van der Waals surface area (Å²) in [4.78, 5) is 14.8. The monoisotopic (exact) mass is 431 g/mol. The van der Waals surface area contributed by atoms with Crippen LogP contribution in [0.15, 0.2) is 0 Å². The minimum absolute atomic E-state index is 0.292. The average Bonchev–Trinajstić information content (AvgIpc) is 2.71. The molecule has 6 aliphatic rings. The van der Waals surface area contributed by atoms with Gasteiger partial charge in [-0.05, 0) is 106 Å². The molecule has 0 aromatic heterocycles. The van der Waals surface area contributed by atoms with Crippen molar-refractivity contribution >= 4 is 23.2 Å². The molecule has 1 heterocycles. The Kier molecular flexibility index (Phi) is 6.28. The van der Waals surface area contributed by atoms with E-state index in [4.69, 9.17) is 12.2 Å². The fraction of sp³-hybridized carbons (Fsp3) is 0.920. The van der Waals surface area contributed by atoms with E-state index in [0.29, 0.717) is 17.9 Å². The van der Waals surface area contributed by atoms with E-state index in [1.165, 1.54) is 70.6 Å². The minimum Gasteiger partial charge on any atom is -0.363 e. The van der Waals surface area contributed by atoms with Gasteiger partial charge in [0, 0.05) is 31.6 Å². The number of thiocarbonyl (C=S) groups is 1. The van der Waals surface area contributed by atoms with Gasteiger partial charge in [-0.15, -0.1) is 0 Å². The van der Waals surface area contributed by atoms with E-state index in [-0.39, 0.29) is 0 Å². The topological polar surface area (TPSA) is 44.4 Å². The van der Waals surface area contributed by atoms with Crippen LogP contribution >= 0.6 is 12.2 Å². The molecule has 1 aliphatic heterocycles. The van der Waals surface area contributed by atoms with Crippen molar-refractivity contribution in [2.45, 2.75) is 95.4 Å². The van der Waals surface area contributed by atoms with Gasteiger partial charge in [0.1, 0.15) is 0 Å². The fourth-order valence-electron chi connectivity index (χ4n) is 8.14. The standard InChI is InChI=1S/C25H41N3OS/c29-23(28-10-8-21-5-1-2-6-22(21)17-28)7-3-4-9-26-24(30)27-25-14-18-11-19(15-25)13-20(12-18)16-25/h18-22H,1-17H2,(H2,26,27,30). The Bertz CT molecular complexity index is 615. The highest BCUT2D eigenvalue weighted by molar-refractivity contribution is 7.80. The first-order valence-corrected chi connectivity index (χ1v) is 13.3. The molecule has 6 rings (SSSR count). The van der Waals surface area contributed by atoms with E-state index in [0.717, 1.165) is 67.2 Å². The van der Waals surface area contributed by atoms with Crippen molar-refractivity contribution < 1.29 is 4.79 Å². The molecule has 0 spiro atoms. The summed E-state index contributed by atoms with van der Waals surface area (Å²) in [7, 11) is 0. The number of unbranched alkanes of at least 4 members (excludes halogenated alkanes) is 1. The molecule has 0 aromatic rings. The lowest BCUT2D eigenvalue weighted by atomic mass is 9.53. The lowest BCUT2D eigenvalue weighted by molar-refractivity contribution is -0.134. The predicted molar refractivity (Wildman–Crippen MR) is 125 cm³/mol. The molecule has 4 bridgehead atoms. The summed E-state index contributed by atoms with van der Waals surface area (Å²) in [5.41, 5.74) is 0.292. The third kappa shape index (κ3) is 4.66. The Hall–Kier alpha value is -0.840. The molecule has 6 fully saturated rings. The van der Waals surface area contributed by atoms with E-state index in [9.17, 15) is 4.79 Å². The highest BCUT2D eigenvalue weighted by atomic mass is 32.1. The number of hydrogen-bond acceptors (Lipinski definition) is 2. The number of piperidine rings is 1. The molecule has 2 unspecified atom stereocenters. The lowest BCUT2D eigenvalue weighted by Crippen LogP contribution is -2.61. The molecule has 5 saturated carbocycles. The zero-order valence-electron chi connectivity index (χ0n) is 18.7. The Labute approximate surface area is 188 Å². The fourth-order valence-corrected chi connectivity index (χ4v) is 8.46. The summed E-state index contributed by atoms with van der Waals surface area (Å²) in [5, 5.41) is 8.04. The second-order valence-electron chi connectivity index (χ2n) is 11.5. The number of rotatable bonds is 6. The van der Waals surface area contributed by atoms with Crippen LogP contribution in [0.5, 0.6) is 0 Å². The van der Waals surface area contributed by atoms with Crippen LogP contribution in [0.4, 0.5) is 0 Å². The first-order valence-electron chi connectivity index (χ1n) is 12.9. The summed E-state index contributed by atoms with van der Waals surface area (Å²) in [5.74, 6) is 4.89. The van der Waals surface area contributed by atoms with Crippen LogP contribution in [-0.2, 0) is 4.79 Å². The van der Waals surface area contributed by atoms with Crippen LogP contribution in [0.25, 0.3) is 0 Å². The SMILES string of the molecule is O=C(CCCCNC(=S)NC12CC3CC(CC(C3)C1)C2)N1CCC2CCCCC2C1. The maximum Gasteiger partial charge on any atom is 0.222 e. The summed E-state index contributed by atoms with van der Waals surface area (Å²) >= 11 is 5.65. The molecule has 1 amide bonds. The second kappa shape index (κ2) is 8.96. The van der Waals surface area contributed by atoms with Gasteiger partial charge < -0.3 is 15.5 Å². The quantitative estimate of drug-likeness (QED) is 0.475. The van der Waals surface area contributed by atoms with Crippen LogP contribution < -0.4 is 10.6 Å². The van der Waals surface area contributed by atoms with E-state index >= 15 is 0 Å². The molecule has 5 aliphatic carbocycles. The average molecular weight is 432 g/mol. The lowest BCUT2D eigenvalue weighted by Gasteiger charge is -2.57. The van der Waals surface area contributed by atoms with Crippen LogP contribution in [0.2, 0.25) is 0 Å². The number of amides is 1. The van der Waals surface area contributed by atoms with Gasteiger partial charge in [-0.25, -0.2) is 0 Å². The zero-order chi connectivity index (χ0) is 20.6. The van der Waals surface area contributed by atoms with Gasteiger partial charge >= 0.3 is 0 Å². The van der Waals surface area contributed by atoms with Gasteiger partial charge in [0.25, 0.3) is 0 Å². The molecule has 2 N–H and O–H groups in total. The molecule has 4 nitrogen and oxygen atoms in total. The van der Waals surface area contributed by atoms with Crippen molar-refractivity contribution in [1.29, 1.82) is 0 Å². The Morgan fingerprint density at radius 2 is 1.60 bits per heavy atom. The van der Waals surface area contributed by atoms with Crippen molar-refractivity contribution in [3.8, 4) is 0 Å². The molecular weight excluding hydrogens is 390 g/mol. The van der Waals surface area contributed by atoms with Gasteiger partial charge in [0.15, 0.2) is 5.11 Å². The van der Waals surface area contributed by atoms with Crippen molar-refractivity contribution in [2.75, 3.05) is 19.6 Å². The highest BCUT2D eigenvalue weighted by Gasteiger charge is 2.51. The number of nitrogens with zero attached hydrogens (tertiary/aromatic N) is 1. The third-order valence-electron chi connectivity index (χ3n) is 9.16. The molecule has 2 atom stereocenters. The normalized spacial score (nSPS) is 39.5. The molecule has 0 aromatic carbocycles. The van der Waals surface area contributed by atoms with Crippen LogP contribution in [-0.4, -0.2) is 41.1 Å². The number of carbonyl (C=O) groups is 1. The summed E-state index contributed by atoms with van der Waals surface area (Å²) in [6.07, 6.45) is 17.8. The Morgan fingerprint density at radius 1 is 0.933 bits per heavy atom. The first kappa shape index (κ1) is 21.0. The largest absolute Gasteiger partial charge is 0.363 e. The highest BCUT2D eigenvalue weighted by Crippen LogP contribution is 2.55. The van der Waals surface area contributed by atoms with Gasteiger partial charge in [0.05, 0.1) is 0 Å². The Morgan fingerprint density at radius 3 is 2.30 bits per heavy atom. The zero-order valence-corrected chi connectivity index (χ0v) is 19.5. The number of nitrogens with one attached hydrogen (secondary N) is 2. The number of carbonyl (C=O) groups excluding carboxylic acids is 1. The van der Waals surface area contributed by atoms with Gasteiger partial charge in [0.2, 0.25) is 5.91 Å². The first-order chi connectivity index (χ1) is 14.6. The Balaban J connectivity index is 0.978. The maximum atomic E-state index is 12.7. The minimum atomic E-state index is 0.292. The van der Waals surface area contributed by atoms with Crippen molar-refractivity contribution in [3.63, 3.8) is 0 Å². The van der Waals surface area contributed by atoms with Crippen molar-refractivity contribution in [3.05, 3.63) is 0 Å². The molecule has 168 valence electrons. The molecule has 0 radical (unpaired) electrons. The number of fused-ring (bicyclic) bond motifs is 1. The molecule has 5 heteroatoms. The predicted octanol–water partition coefficient (Wildman–Crippen LogP) is 4.63. The van der Waals surface area contributed by atoms with Crippen molar-refractivity contribution in [1.82, 2.24) is 15.5 Å². The second-order valence-corrected chi connectivity index (χ2v) is 11.9. The van der Waals surface area contributed by atoms with E-state index in [1.807, 2.05) is 0 Å². The van der Waals surface area contributed by atoms with Crippen LogP contribution in [0.1, 0.15) is 89.9 Å².